The van der Waals surface area contributed by atoms with Gasteiger partial charge >= 0.3 is 0 Å². The fourth-order valence-electron chi connectivity index (χ4n) is 7.11. The lowest BCUT2D eigenvalue weighted by Crippen LogP contribution is -2.47. The molecule has 2 aliphatic carbocycles. The van der Waals surface area contributed by atoms with Gasteiger partial charge in [-0.15, -0.1) is 0 Å². The molecule has 0 radical (unpaired) electrons. The van der Waals surface area contributed by atoms with Crippen molar-refractivity contribution in [1.29, 1.82) is 0 Å². The van der Waals surface area contributed by atoms with Crippen molar-refractivity contribution >= 4 is 0 Å². The van der Waals surface area contributed by atoms with Crippen LogP contribution in [0.4, 0.5) is 4.39 Å². The first-order chi connectivity index (χ1) is 13.6. The summed E-state index contributed by atoms with van der Waals surface area (Å²) in [4.78, 5) is 2.64. The van der Waals surface area contributed by atoms with Gasteiger partial charge in [0, 0.05) is 30.0 Å². The van der Waals surface area contributed by atoms with Crippen molar-refractivity contribution in [3.63, 3.8) is 0 Å². The summed E-state index contributed by atoms with van der Waals surface area (Å²) in [6.45, 7) is 2.42. The lowest BCUT2D eigenvalue weighted by atomic mass is 9.66. The second-order valence-electron chi connectivity index (χ2n) is 10.5. The molecule has 156 valence electrons. The maximum atomic E-state index is 13.5. The highest BCUT2D eigenvalue weighted by atomic mass is 19.1. The molecule has 2 saturated carbocycles. The number of likely N-dealkylation sites (N-methyl/N-ethyl adjacent to an activating group) is 1. The molecule has 2 aliphatic heterocycles. The van der Waals surface area contributed by atoms with Crippen LogP contribution in [-0.4, -0.2) is 35.4 Å². The van der Waals surface area contributed by atoms with E-state index in [9.17, 15) is 4.39 Å². The molecule has 0 spiro atoms. The van der Waals surface area contributed by atoms with Crippen LogP contribution in [-0.2, 0) is 0 Å². The van der Waals surface area contributed by atoms with Crippen molar-refractivity contribution in [3.05, 3.63) is 17.5 Å². The summed E-state index contributed by atoms with van der Waals surface area (Å²) in [5, 5.41) is 4.52. The molecule has 4 aliphatic rings. The SMILES string of the molecule is CC1CCC([C@H]2C[C@H]3CCC([C@H]2c2cc(C4CCC(F)CC4)no2)N3C)CC1. The molecule has 3 heterocycles. The minimum absolute atomic E-state index is 0.399. The molecule has 0 amide bonds. The van der Waals surface area contributed by atoms with E-state index in [0.29, 0.717) is 30.7 Å². The normalized spacial score (nSPS) is 44.7. The van der Waals surface area contributed by atoms with Crippen LogP contribution in [0.25, 0.3) is 0 Å². The molecule has 4 fully saturated rings. The Hall–Kier alpha value is -0.900. The zero-order chi connectivity index (χ0) is 19.3. The Labute approximate surface area is 169 Å². The first-order valence-corrected chi connectivity index (χ1v) is 11.9. The first-order valence-electron chi connectivity index (χ1n) is 11.9. The molecule has 28 heavy (non-hydrogen) atoms. The van der Waals surface area contributed by atoms with Gasteiger partial charge in [0.05, 0.1) is 5.69 Å². The Bertz CT molecular complexity index is 659. The van der Waals surface area contributed by atoms with Gasteiger partial charge in [-0.25, -0.2) is 4.39 Å². The Balaban J connectivity index is 1.39. The maximum Gasteiger partial charge on any atom is 0.141 e. The average Bonchev–Trinajstić information content (AvgIpc) is 3.26. The Kier molecular flexibility index (Phi) is 5.27. The van der Waals surface area contributed by atoms with Gasteiger partial charge in [0.15, 0.2) is 0 Å². The van der Waals surface area contributed by atoms with Crippen molar-refractivity contribution in [2.75, 3.05) is 7.05 Å². The quantitative estimate of drug-likeness (QED) is 0.630. The highest BCUT2D eigenvalue weighted by Gasteiger charge is 2.50. The molecule has 0 aromatic carbocycles. The van der Waals surface area contributed by atoms with Crippen LogP contribution in [0.15, 0.2) is 10.6 Å². The van der Waals surface area contributed by atoms with Gasteiger partial charge < -0.3 is 4.52 Å². The third kappa shape index (κ3) is 3.44. The van der Waals surface area contributed by atoms with E-state index in [-0.39, 0.29) is 0 Å². The summed E-state index contributed by atoms with van der Waals surface area (Å²) in [6, 6.07) is 3.66. The molecule has 0 N–H and O–H groups in total. The number of fused-ring (bicyclic) bond motifs is 2. The summed E-state index contributed by atoms with van der Waals surface area (Å²) in [5.74, 6) is 4.55. The van der Waals surface area contributed by atoms with Crippen LogP contribution in [0.5, 0.6) is 0 Å². The minimum Gasteiger partial charge on any atom is -0.361 e. The van der Waals surface area contributed by atoms with Gasteiger partial charge in [-0.3, -0.25) is 4.90 Å². The fourth-order valence-corrected chi connectivity index (χ4v) is 7.11. The van der Waals surface area contributed by atoms with Gasteiger partial charge in [-0.1, -0.05) is 24.9 Å². The number of nitrogens with zero attached hydrogens (tertiary/aromatic N) is 2. The van der Waals surface area contributed by atoms with E-state index in [0.717, 1.165) is 48.1 Å². The van der Waals surface area contributed by atoms with Gasteiger partial charge in [0.2, 0.25) is 0 Å². The van der Waals surface area contributed by atoms with Crippen molar-refractivity contribution < 1.29 is 8.91 Å². The van der Waals surface area contributed by atoms with E-state index in [1.165, 1.54) is 44.9 Å². The number of hydrogen-bond acceptors (Lipinski definition) is 3. The smallest absolute Gasteiger partial charge is 0.141 e. The minimum atomic E-state index is -0.608. The van der Waals surface area contributed by atoms with Crippen molar-refractivity contribution in [2.45, 2.75) is 108 Å². The van der Waals surface area contributed by atoms with E-state index < -0.39 is 6.17 Å². The molecule has 4 atom stereocenters. The topological polar surface area (TPSA) is 29.3 Å². The zero-order valence-corrected chi connectivity index (χ0v) is 17.7. The fraction of sp³-hybridized carbons (Fsp3) is 0.875. The molecule has 2 bridgehead atoms. The van der Waals surface area contributed by atoms with Gasteiger partial charge in [-0.2, -0.15) is 0 Å². The first kappa shape index (κ1) is 19.1. The lowest BCUT2D eigenvalue weighted by molar-refractivity contribution is 0.0470. The van der Waals surface area contributed by atoms with Crippen LogP contribution in [0, 0.1) is 17.8 Å². The summed E-state index contributed by atoms with van der Waals surface area (Å²) in [6.07, 6.45) is 12.2. The molecular formula is C24H37FN2O. The number of hydrogen-bond donors (Lipinski definition) is 0. The second kappa shape index (κ2) is 7.74. The van der Waals surface area contributed by atoms with Gasteiger partial charge in [-0.05, 0) is 82.6 Å². The lowest BCUT2D eigenvalue weighted by Gasteiger charge is -2.46. The molecule has 1 aromatic rings. The molecule has 1 aromatic heterocycles. The number of piperidine rings is 1. The molecule has 3 nitrogen and oxygen atoms in total. The monoisotopic (exact) mass is 388 g/mol. The van der Waals surface area contributed by atoms with E-state index in [1.54, 1.807) is 0 Å². The summed E-state index contributed by atoms with van der Waals surface area (Å²) < 4.78 is 19.6. The molecule has 5 rings (SSSR count). The maximum absolute atomic E-state index is 13.5. The highest BCUT2D eigenvalue weighted by Crippen LogP contribution is 2.52. The van der Waals surface area contributed by atoms with Crippen LogP contribution in [0.1, 0.15) is 101 Å². The Morgan fingerprint density at radius 2 is 1.75 bits per heavy atom. The predicted octanol–water partition coefficient (Wildman–Crippen LogP) is 6.06. The van der Waals surface area contributed by atoms with Crippen LogP contribution < -0.4 is 0 Å². The molecule has 1 unspecified atom stereocenters. The third-order valence-corrected chi connectivity index (χ3v) is 8.93. The summed E-state index contributed by atoms with van der Waals surface area (Å²) in [7, 11) is 2.33. The largest absolute Gasteiger partial charge is 0.361 e. The molecular weight excluding hydrogens is 351 g/mol. The van der Waals surface area contributed by atoms with Crippen molar-refractivity contribution in [3.8, 4) is 0 Å². The Morgan fingerprint density at radius 1 is 1.00 bits per heavy atom. The Morgan fingerprint density at radius 3 is 2.50 bits per heavy atom. The van der Waals surface area contributed by atoms with E-state index in [4.69, 9.17) is 4.52 Å². The zero-order valence-electron chi connectivity index (χ0n) is 17.7. The van der Waals surface area contributed by atoms with Crippen molar-refractivity contribution in [1.82, 2.24) is 10.1 Å². The molecule has 2 saturated heterocycles. The molecule has 4 heteroatoms. The van der Waals surface area contributed by atoms with Crippen molar-refractivity contribution in [2.24, 2.45) is 17.8 Å². The van der Waals surface area contributed by atoms with E-state index >= 15 is 0 Å². The summed E-state index contributed by atoms with van der Waals surface area (Å²) in [5.41, 5.74) is 1.10. The highest BCUT2D eigenvalue weighted by molar-refractivity contribution is 5.20. The van der Waals surface area contributed by atoms with E-state index in [1.807, 2.05) is 0 Å². The number of rotatable bonds is 3. The van der Waals surface area contributed by atoms with Gasteiger partial charge in [0.1, 0.15) is 11.9 Å². The van der Waals surface area contributed by atoms with Crippen LogP contribution in [0.3, 0.4) is 0 Å². The van der Waals surface area contributed by atoms with E-state index in [2.05, 4.69) is 30.1 Å². The standard InChI is InChI=1S/C24H37FN2O/c1-15-3-5-16(6-4-15)20-13-19-11-12-22(27(19)2)24(20)23-14-21(26-28-23)17-7-9-18(25)10-8-17/h14-20,22,24H,3-13H2,1-2H3/t15?,16?,17?,18?,19-,20-,22?,24+/m1/s1. The van der Waals surface area contributed by atoms with Gasteiger partial charge in [0.25, 0.3) is 0 Å². The summed E-state index contributed by atoms with van der Waals surface area (Å²) >= 11 is 0. The average molecular weight is 389 g/mol. The van der Waals surface area contributed by atoms with Crippen LogP contribution in [0.2, 0.25) is 0 Å². The second-order valence-corrected chi connectivity index (χ2v) is 10.5. The number of aromatic nitrogens is 1. The number of alkyl halides is 1. The third-order valence-electron chi connectivity index (χ3n) is 8.93. The number of halogens is 1. The predicted molar refractivity (Wildman–Crippen MR) is 109 cm³/mol. The van der Waals surface area contributed by atoms with Crippen LogP contribution >= 0.6 is 0 Å².